The molecule has 2 aromatic heterocycles. The van der Waals surface area contributed by atoms with Crippen molar-refractivity contribution in [1.29, 1.82) is 5.26 Å². The van der Waals surface area contributed by atoms with Crippen LogP contribution in [0.3, 0.4) is 0 Å². The summed E-state index contributed by atoms with van der Waals surface area (Å²) in [6, 6.07) is 11.4. The van der Waals surface area contributed by atoms with Gasteiger partial charge in [-0.15, -0.1) is 0 Å². The molecule has 2 fully saturated rings. The van der Waals surface area contributed by atoms with Gasteiger partial charge in [-0.2, -0.15) is 5.26 Å². The lowest BCUT2D eigenvalue weighted by atomic mass is 9.95. The molecule has 2 atom stereocenters. The van der Waals surface area contributed by atoms with Gasteiger partial charge in [0.15, 0.2) is 6.29 Å². The van der Waals surface area contributed by atoms with Crippen LogP contribution in [0.15, 0.2) is 36.4 Å². The van der Waals surface area contributed by atoms with Crippen molar-refractivity contribution in [1.82, 2.24) is 30.2 Å². The van der Waals surface area contributed by atoms with Crippen molar-refractivity contribution >= 4 is 41.1 Å². The monoisotopic (exact) mass is 878 g/mol. The van der Waals surface area contributed by atoms with E-state index >= 15 is 0 Å². The highest BCUT2D eigenvalue weighted by atomic mass is 35.5. The maximum Gasteiger partial charge on any atom is 0.224 e. The smallest absolute Gasteiger partial charge is 0.224 e. The van der Waals surface area contributed by atoms with E-state index in [4.69, 9.17) is 44.5 Å². The number of rotatable bonds is 9. The number of hydrogen-bond acceptors (Lipinski definition) is 12. The molecule has 0 unspecified atom stereocenters. The van der Waals surface area contributed by atoms with Gasteiger partial charge in [-0.05, 0) is 79.1 Å². The van der Waals surface area contributed by atoms with Crippen LogP contribution >= 0.6 is 23.2 Å². The van der Waals surface area contributed by atoms with Crippen molar-refractivity contribution in [2.24, 2.45) is 11.8 Å². The van der Waals surface area contributed by atoms with Gasteiger partial charge in [0, 0.05) is 87.9 Å². The highest BCUT2D eigenvalue weighted by molar-refractivity contribution is 6.28. The number of carbonyl (C=O) groups excluding carboxylic acids is 1. The molecule has 2 saturated heterocycles. The summed E-state index contributed by atoms with van der Waals surface area (Å²) in [5.74, 6) is 2.59. The van der Waals surface area contributed by atoms with Crippen LogP contribution in [0.4, 0.5) is 20.4 Å². The predicted molar refractivity (Wildman–Crippen MR) is 234 cm³/mol. The van der Waals surface area contributed by atoms with Gasteiger partial charge in [0.05, 0.1) is 37.2 Å². The standard InChI is InChI=1S/C21H23ClFN5O.C13H16ClN5.C8H7FO2.2CH4/c1-24-9-14-5-4-8-28(10-14)20-16-12-27(13-18(16)25-21(22)26-20)11-15-17(23)6-3-7-19(15)29-2;14-13-17-11-7-16-6-10(11)12(18-13)19-5-1-2-9(8-19)3-4-15;1-11-8-4-2-3-7(9)6(8)5-10;;/h3,6-7,14H,4-5,8-13H2,2H3;9,16H,1-3,5-8H2;2-5H,1H3;2*1H4/t14-;9-;;;/m00.../s1. The topological polar surface area (TPSA) is 137 Å². The molecule has 13 nitrogen and oxygen atoms in total. The first-order valence-corrected chi connectivity index (χ1v) is 20.2. The van der Waals surface area contributed by atoms with E-state index in [-0.39, 0.29) is 37.3 Å². The quantitative estimate of drug-likeness (QED) is 0.0979. The molecule has 326 valence electrons. The Balaban J connectivity index is 0.000000220. The fraction of sp³-hybridized carbons (Fsp3) is 0.477. The Morgan fingerprint density at radius 2 is 1.48 bits per heavy atom. The molecule has 0 radical (unpaired) electrons. The minimum absolute atomic E-state index is 0. The van der Waals surface area contributed by atoms with Crippen molar-refractivity contribution in [3.05, 3.63) is 104 Å². The first-order valence-electron chi connectivity index (χ1n) is 19.5. The van der Waals surface area contributed by atoms with Gasteiger partial charge < -0.3 is 29.4 Å². The average Bonchev–Trinajstić information content (AvgIpc) is 3.88. The normalized spacial score (nSPS) is 17.6. The van der Waals surface area contributed by atoms with Crippen LogP contribution in [0.2, 0.25) is 10.6 Å². The second-order valence-electron chi connectivity index (χ2n) is 14.7. The Morgan fingerprint density at radius 3 is 2.10 bits per heavy atom. The zero-order valence-electron chi connectivity index (χ0n) is 33.1. The fourth-order valence-corrected chi connectivity index (χ4v) is 8.40. The number of benzene rings is 2. The van der Waals surface area contributed by atoms with Crippen LogP contribution in [-0.4, -0.2) is 78.1 Å². The summed E-state index contributed by atoms with van der Waals surface area (Å²) in [5, 5.41) is 12.7. The van der Waals surface area contributed by atoms with Crippen LogP contribution in [0.5, 0.6) is 11.5 Å². The van der Waals surface area contributed by atoms with Crippen molar-refractivity contribution in [3.63, 3.8) is 0 Å². The molecule has 6 heterocycles. The summed E-state index contributed by atoms with van der Waals surface area (Å²) in [4.78, 5) is 38.2. The first kappa shape index (κ1) is 48.5. The van der Waals surface area contributed by atoms with E-state index in [9.17, 15) is 13.6 Å². The molecule has 8 rings (SSSR count). The molecular weight excluding hydrogens is 825 g/mol. The number of nitrogens with zero attached hydrogens (tertiary/aromatic N) is 9. The minimum atomic E-state index is -0.556. The van der Waals surface area contributed by atoms with Crippen molar-refractivity contribution in [2.45, 2.75) is 79.7 Å². The maximum absolute atomic E-state index is 14.4. The molecule has 61 heavy (non-hydrogen) atoms. The van der Waals surface area contributed by atoms with E-state index in [1.54, 1.807) is 19.2 Å². The Hall–Kier alpha value is -5.19. The lowest BCUT2D eigenvalue weighted by Crippen LogP contribution is -2.37. The van der Waals surface area contributed by atoms with E-state index in [1.165, 1.54) is 36.9 Å². The molecule has 0 aliphatic carbocycles. The number of methoxy groups -OCH3 is 2. The number of carbonyl (C=O) groups is 1. The van der Waals surface area contributed by atoms with Gasteiger partial charge in [-0.1, -0.05) is 27.0 Å². The number of aromatic nitrogens is 4. The summed E-state index contributed by atoms with van der Waals surface area (Å²) in [6.07, 6.45) is 5.40. The van der Waals surface area contributed by atoms with Gasteiger partial charge >= 0.3 is 0 Å². The number of halogens is 4. The Bertz CT molecular complexity index is 2200. The van der Waals surface area contributed by atoms with Crippen LogP contribution in [-0.2, 0) is 32.7 Å². The van der Waals surface area contributed by atoms with E-state index in [1.807, 2.05) is 0 Å². The molecular formula is C44H54Cl2F2N10O3. The number of fused-ring (bicyclic) bond motifs is 2. The third-order valence-electron chi connectivity index (χ3n) is 10.8. The van der Waals surface area contributed by atoms with E-state index in [2.05, 4.69) is 50.9 Å². The van der Waals surface area contributed by atoms with Crippen LogP contribution in [0.1, 0.15) is 85.4 Å². The zero-order valence-corrected chi connectivity index (χ0v) is 34.6. The number of hydrogen-bond donors (Lipinski definition) is 1. The second-order valence-corrected chi connectivity index (χ2v) is 15.4. The third kappa shape index (κ3) is 12.0. The van der Waals surface area contributed by atoms with Crippen LogP contribution in [0, 0.1) is 41.4 Å². The first-order chi connectivity index (χ1) is 28.7. The van der Waals surface area contributed by atoms with E-state index in [0.717, 1.165) is 93.5 Å². The molecule has 4 aliphatic rings. The summed E-state index contributed by atoms with van der Waals surface area (Å²) < 4.78 is 37.2. The largest absolute Gasteiger partial charge is 0.496 e. The maximum atomic E-state index is 14.4. The van der Waals surface area contributed by atoms with Crippen molar-refractivity contribution < 1.29 is 23.0 Å². The number of nitrogens with one attached hydrogen (secondary N) is 1. The van der Waals surface area contributed by atoms with Gasteiger partial charge in [-0.3, -0.25) is 9.69 Å². The lowest BCUT2D eigenvalue weighted by Gasteiger charge is -2.33. The minimum Gasteiger partial charge on any atom is -0.496 e. The molecule has 0 bridgehead atoms. The second kappa shape index (κ2) is 23.1. The number of aldehydes is 1. The van der Waals surface area contributed by atoms with Crippen molar-refractivity contribution in [3.8, 4) is 17.6 Å². The Kier molecular flexibility index (Phi) is 18.4. The summed E-state index contributed by atoms with van der Waals surface area (Å²) in [6.45, 7) is 14.5. The number of nitriles is 1. The predicted octanol–water partition coefficient (Wildman–Crippen LogP) is 8.71. The van der Waals surface area contributed by atoms with Gasteiger partial charge in [0.1, 0.15) is 34.8 Å². The number of ether oxygens (including phenoxy) is 2. The molecule has 4 aliphatic heterocycles. The molecule has 2 aromatic carbocycles. The average molecular weight is 880 g/mol. The van der Waals surface area contributed by atoms with Gasteiger partial charge in [0.25, 0.3) is 0 Å². The van der Waals surface area contributed by atoms with Crippen LogP contribution < -0.4 is 24.6 Å². The summed E-state index contributed by atoms with van der Waals surface area (Å²) in [7, 11) is 2.94. The SMILES string of the molecule is C.C.COc1cccc(F)c1C=O.N#CC[C@@H]1CCCN(c2nc(Cl)nc3c2CNC3)C1.[C-]#[N+]C[C@@H]1CCCN(c2nc(Cl)nc3c2CN(Cc2c(F)cccc2OC)C3)C1. The molecule has 17 heteroatoms. The van der Waals surface area contributed by atoms with Gasteiger partial charge in [0.2, 0.25) is 17.1 Å². The van der Waals surface area contributed by atoms with Gasteiger partial charge in [-0.25, -0.2) is 35.3 Å². The molecule has 1 N–H and O–H groups in total. The number of anilines is 2. The summed E-state index contributed by atoms with van der Waals surface area (Å²) in [5.41, 5.74) is 4.63. The van der Waals surface area contributed by atoms with E-state index < -0.39 is 5.82 Å². The molecule has 4 aromatic rings. The van der Waals surface area contributed by atoms with E-state index in [0.29, 0.717) is 67.3 Å². The summed E-state index contributed by atoms with van der Waals surface area (Å²) >= 11 is 12.2. The fourth-order valence-electron chi connectivity index (χ4n) is 8.03. The molecule has 0 amide bonds. The number of piperidine rings is 2. The third-order valence-corrected chi connectivity index (χ3v) is 11.2. The van der Waals surface area contributed by atoms with Crippen LogP contribution in [0.25, 0.3) is 4.85 Å². The Morgan fingerprint density at radius 1 is 0.869 bits per heavy atom. The van der Waals surface area contributed by atoms with Crippen molar-refractivity contribution in [2.75, 3.05) is 56.7 Å². The zero-order chi connectivity index (χ0) is 41.9. The molecule has 0 saturated carbocycles. The highest BCUT2D eigenvalue weighted by Gasteiger charge is 2.32. The Labute approximate surface area is 367 Å². The lowest BCUT2D eigenvalue weighted by molar-refractivity contribution is 0.111. The molecule has 0 spiro atoms. The highest BCUT2D eigenvalue weighted by Crippen LogP contribution is 2.35.